The molecule has 4 nitrogen and oxygen atoms in total. The largest absolute Gasteiger partial charge is 0.450 e. The number of alkyl halides is 1. The standard InChI is InChI=1S/C20H29BrO4/c1-12-5-6-17-19(3,23)9-8-16(21)20(4,25-17)10-7-14-13(2)18(22)24-15(14)11-12/h11,15-17,23H,5-10H2,1-4H3/b12-11+/t15-,16-,17+,19-,20+/m0/s1. The van der Waals surface area contributed by atoms with E-state index in [0.29, 0.717) is 0 Å². The highest BCUT2D eigenvalue weighted by atomic mass is 79.9. The Balaban J connectivity index is 1.97. The quantitative estimate of drug-likeness (QED) is 0.367. The van der Waals surface area contributed by atoms with Crippen molar-refractivity contribution in [2.75, 3.05) is 0 Å². The van der Waals surface area contributed by atoms with Gasteiger partial charge in [-0.1, -0.05) is 21.5 Å². The predicted molar refractivity (Wildman–Crippen MR) is 101 cm³/mol. The molecule has 140 valence electrons. The SMILES string of the molecule is CC1=C2CC[C@@]3(C)O[C@H](CC/C(C)=C/[C@@H]2OC1=O)[C@@](C)(O)CC[C@@H]3Br. The molecule has 1 fully saturated rings. The molecule has 0 aliphatic carbocycles. The van der Waals surface area contributed by atoms with E-state index in [1.165, 1.54) is 5.57 Å². The van der Waals surface area contributed by atoms with Gasteiger partial charge >= 0.3 is 5.97 Å². The van der Waals surface area contributed by atoms with Gasteiger partial charge in [0.1, 0.15) is 6.10 Å². The van der Waals surface area contributed by atoms with E-state index in [1.807, 2.05) is 13.8 Å². The van der Waals surface area contributed by atoms with Gasteiger partial charge in [0.05, 0.1) is 17.3 Å². The van der Waals surface area contributed by atoms with E-state index in [1.54, 1.807) is 0 Å². The molecular weight excluding hydrogens is 384 g/mol. The van der Waals surface area contributed by atoms with Crippen LogP contribution in [-0.4, -0.2) is 39.3 Å². The van der Waals surface area contributed by atoms with Crippen molar-refractivity contribution < 1.29 is 19.4 Å². The first kappa shape index (κ1) is 19.1. The fraction of sp³-hybridized carbons (Fsp3) is 0.750. The number of aliphatic hydroxyl groups is 1. The molecule has 2 bridgehead atoms. The molecule has 25 heavy (non-hydrogen) atoms. The number of hydrogen-bond donors (Lipinski definition) is 1. The van der Waals surface area contributed by atoms with Crippen LogP contribution in [0.1, 0.15) is 66.2 Å². The van der Waals surface area contributed by atoms with Crippen LogP contribution in [0, 0.1) is 0 Å². The van der Waals surface area contributed by atoms with E-state index < -0.39 is 5.60 Å². The van der Waals surface area contributed by atoms with E-state index in [-0.39, 0.29) is 28.6 Å². The molecule has 0 unspecified atom stereocenters. The van der Waals surface area contributed by atoms with Crippen molar-refractivity contribution in [3.8, 4) is 0 Å². The first-order valence-corrected chi connectivity index (χ1v) is 10.2. The molecule has 0 amide bonds. The summed E-state index contributed by atoms with van der Waals surface area (Å²) in [4.78, 5) is 12.2. The van der Waals surface area contributed by atoms with Crippen LogP contribution in [0.15, 0.2) is 22.8 Å². The third-order valence-corrected chi connectivity index (χ3v) is 7.59. The molecule has 0 aromatic heterocycles. The summed E-state index contributed by atoms with van der Waals surface area (Å²) in [6.07, 6.45) is 6.36. The van der Waals surface area contributed by atoms with E-state index in [4.69, 9.17) is 9.47 Å². The second-order valence-electron chi connectivity index (χ2n) is 8.31. The first-order valence-electron chi connectivity index (χ1n) is 9.24. The number of carbonyl (C=O) groups excluding carboxylic acids is 1. The van der Waals surface area contributed by atoms with Crippen LogP contribution in [0.5, 0.6) is 0 Å². The zero-order valence-electron chi connectivity index (χ0n) is 15.6. The number of carbonyl (C=O) groups is 1. The number of hydrogen-bond acceptors (Lipinski definition) is 4. The second-order valence-corrected chi connectivity index (χ2v) is 9.42. The Morgan fingerprint density at radius 1 is 1.20 bits per heavy atom. The normalized spacial score (nSPS) is 45.0. The summed E-state index contributed by atoms with van der Waals surface area (Å²) < 4.78 is 12.1. The molecule has 5 heteroatoms. The first-order chi connectivity index (χ1) is 11.6. The van der Waals surface area contributed by atoms with E-state index >= 15 is 0 Å². The Bertz CT molecular complexity index is 621. The molecule has 3 rings (SSSR count). The summed E-state index contributed by atoms with van der Waals surface area (Å²) in [6.45, 7) is 7.94. The third kappa shape index (κ3) is 3.74. The Morgan fingerprint density at radius 3 is 2.64 bits per heavy atom. The van der Waals surface area contributed by atoms with Gasteiger partial charge in [-0.25, -0.2) is 4.79 Å². The predicted octanol–water partition coefficient (Wildman–Crippen LogP) is 4.20. The lowest BCUT2D eigenvalue weighted by molar-refractivity contribution is -0.153. The highest BCUT2D eigenvalue weighted by Gasteiger charge is 2.46. The van der Waals surface area contributed by atoms with Gasteiger partial charge < -0.3 is 14.6 Å². The molecule has 0 spiro atoms. The molecule has 3 heterocycles. The molecule has 0 radical (unpaired) electrons. The van der Waals surface area contributed by atoms with Gasteiger partial charge in [0, 0.05) is 10.4 Å². The monoisotopic (exact) mass is 412 g/mol. The number of allylic oxidation sites excluding steroid dienone is 1. The minimum Gasteiger partial charge on any atom is -0.450 e. The maximum Gasteiger partial charge on any atom is 0.334 e. The number of fused-ring (bicyclic) bond motifs is 3. The molecule has 0 aromatic rings. The van der Waals surface area contributed by atoms with Gasteiger partial charge in [-0.15, -0.1) is 0 Å². The van der Waals surface area contributed by atoms with Crippen LogP contribution in [-0.2, 0) is 14.3 Å². The molecule has 3 aliphatic heterocycles. The van der Waals surface area contributed by atoms with Gasteiger partial charge in [-0.3, -0.25) is 0 Å². The van der Waals surface area contributed by atoms with E-state index in [2.05, 4.69) is 35.9 Å². The summed E-state index contributed by atoms with van der Waals surface area (Å²) >= 11 is 3.81. The minimum absolute atomic E-state index is 0.170. The van der Waals surface area contributed by atoms with Crippen molar-refractivity contribution in [1.82, 2.24) is 0 Å². The lowest BCUT2D eigenvalue weighted by atomic mass is 9.87. The molecule has 0 aromatic carbocycles. The topological polar surface area (TPSA) is 55.8 Å². The maximum atomic E-state index is 12.0. The fourth-order valence-corrected chi connectivity index (χ4v) is 4.73. The van der Waals surface area contributed by atoms with Crippen LogP contribution in [0.4, 0.5) is 0 Å². The zero-order chi connectivity index (χ0) is 18.4. The summed E-state index contributed by atoms with van der Waals surface area (Å²) in [5, 5.41) is 10.9. The lowest BCUT2D eigenvalue weighted by Gasteiger charge is -2.38. The second kappa shape index (κ2) is 6.82. The lowest BCUT2D eigenvalue weighted by Crippen LogP contribution is -2.46. The molecular formula is C20H29BrO4. The smallest absolute Gasteiger partial charge is 0.334 e. The maximum absolute atomic E-state index is 12.0. The zero-order valence-corrected chi connectivity index (χ0v) is 17.2. The van der Waals surface area contributed by atoms with Crippen molar-refractivity contribution in [3.05, 3.63) is 22.8 Å². The van der Waals surface area contributed by atoms with E-state index in [0.717, 1.165) is 49.7 Å². The van der Waals surface area contributed by atoms with E-state index in [9.17, 15) is 9.90 Å². The minimum atomic E-state index is -0.824. The van der Waals surface area contributed by atoms with Gasteiger partial charge in [-0.05, 0) is 77.9 Å². The van der Waals surface area contributed by atoms with Gasteiger partial charge in [0.25, 0.3) is 0 Å². The van der Waals surface area contributed by atoms with Crippen LogP contribution in [0.25, 0.3) is 0 Å². The summed E-state index contributed by atoms with van der Waals surface area (Å²) in [5.41, 5.74) is 1.78. The molecule has 3 aliphatic rings. The Labute approximate surface area is 158 Å². The Hall–Kier alpha value is -0.650. The van der Waals surface area contributed by atoms with Crippen LogP contribution >= 0.6 is 15.9 Å². The summed E-state index contributed by atoms with van der Waals surface area (Å²) in [5.74, 6) is -0.204. The van der Waals surface area contributed by atoms with Crippen LogP contribution in [0.3, 0.4) is 0 Å². The number of ether oxygens (including phenoxy) is 2. The molecule has 5 atom stereocenters. The van der Waals surface area contributed by atoms with Crippen LogP contribution < -0.4 is 0 Å². The number of rotatable bonds is 0. The average Bonchev–Trinajstić information content (AvgIpc) is 2.74. The van der Waals surface area contributed by atoms with Gasteiger partial charge in [0.15, 0.2) is 0 Å². The number of esters is 1. The number of halogens is 1. The van der Waals surface area contributed by atoms with Crippen LogP contribution in [0.2, 0.25) is 0 Å². The van der Waals surface area contributed by atoms with Crippen molar-refractivity contribution in [1.29, 1.82) is 0 Å². The molecule has 1 N–H and O–H groups in total. The summed E-state index contributed by atoms with van der Waals surface area (Å²) in [7, 11) is 0. The van der Waals surface area contributed by atoms with Crippen molar-refractivity contribution in [2.45, 2.75) is 94.5 Å². The summed E-state index contributed by atoms with van der Waals surface area (Å²) in [6, 6.07) is 0. The average molecular weight is 413 g/mol. The fourth-order valence-electron chi connectivity index (χ4n) is 4.16. The highest BCUT2D eigenvalue weighted by molar-refractivity contribution is 9.09. The Morgan fingerprint density at radius 2 is 1.92 bits per heavy atom. The van der Waals surface area contributed by atoms with Crippen molar-refractivity contribution in [2.24, 2.45) is 0 Å². The third-order valence-electron chi connectivity index (χ3n) is 6.16. The van der Waals surface area contributed by atoms with Gasteiger partial charge in [0.2, 0.25) is 0 Å². The van der Waals surface area contributed by atoms with Gasteiger partial charge in [-0.2, -0.15) is 0 Å². The molecule has 1 saturated heterocycles. The van der Waals surface area contributed by atoms with Crippen molar-refractivity contribution in [3.63, 3.8) is 0 Å². The highest BCUT2D eigenvalue weighted by Crippen LogP contribution is 2.43. The Kier molecular flexibility index (Phi) is 5.22. The van der Waals surface area contributed by atoms with Crippen molar-refractivity contribution >= 4 is 21.9 Å². The molecule has 0 saturated carbocycles.